The average Bonchev–Trinajstić information content (AvgIpc) is 2.27. The zero-order valence-corrected chi connectivity index (χ0v) is 11.2. The second-order valence-corrected chi connectivity index (χ2v) is 4.46. The van der Waals surface area contributed by atoms with E-state index in [2.05, 4.69) is 26.6 Å². The minimum absolute atomic E-state index is 0.256. The first-order chi connectivity index (χ1) is 7.95. The van der Waals surface area contributed by atoms with Gasteiger partial charge in [0.05, 0.1) is 5.56 Å². The Hall–Kier alpha value is -1.56. The highest BCUT2D eigenvalue weighted by molar-refractivity contribution is 9.10. The number of nitrogens with two attached hydrogens (primary N) is 1. The molecule has 92 valence electrons. The van der Waals surface area contributed by atoms with Crippen LogP contribution in [0.1, 0.15) is 17.3 Å². The van der Waals surface area contributed by atoms with E-state index in [0.29, 0.717) is 11.3 Å². The van der Waals surface area contributed by atoms with E-state index in [4.69, 9.17) is 5.73 Å². The lowest BCUT2D eigenvalue weighted by atomic mass is 10.1. The molecule has 17 heavy (non-hydrogen) atoms. The number of anilines is 1. The van der Waals surface area contributed by atoms with Crippen molar-refractivity contribution in [2.24, 2.45) is 0 Å². The van der Waals surface area contributed by atoms with Crippen LogP contribution in [0.3, 0.4) is 0 Å². The smallest absolute Gasteiger partial charge is 0.254 e. The largest absolute Gasteiger partial charge is 0.398 e. The molecule has 1 aromatic rings. The number of hydrogen-bond donors (Lipinski definition) is 3. The van der Waals surface area contributed by atoms with Gasteiger partial charge >= 0.3 is 0 Å². The van der Waals surface area contributed by atoms with Crippen LogP contribution in [0, 0.1) is 0 Å². The monoisotopic (exact) mass is 299 g/mol. The summed E-state index contributed by atoms with van der Waals surface area (Å²) in [5.41, 5.74) is 6.43. The zero-order chi connectivity index (χ0) is 13.0. The summed E-state index contributed by atoms with van der Waals surface area (Å²) >= 11 is 3.25. The van der Waals surface area contributed by atoms with Crippen LogP contribution in [0.4, 0.5) is 5.69 Å². The third kappa shape index (κ3) is 3.45. The van der Waals surface area contributed by atoms with Gasteiger partial charge in [0.15, 0.2) is 0 Å². The summed E-state index contributed by atoms with van der Waals surface area (Å²) in [7, 11) is 1.51. The van der Waals surface area contributed by atoms with E-state index in [1.807, 2.05) is 0 Å². The Morgan fingerprint density at radius 1 is 1.41 bits per heavy atom. The molecular weight excluding hydrogens is 286 g/mol. The number of benzene rings is 1. The number of hydrogen-bond acceptors (Lipinski definition) is 3. The number of halogens is 1. The predicted octanol–water partition coefficient (Wildman–Crippen LogP) is 0.896. The lowest BCUT2D eigenvalue weighted by molar-refractivity contribution is -0.122. The minimum Gasteiger partial charge on any atom is -0.398 e. The van der Waals surface area contributed by atoms with E-state index in [9.17, 15) is 9.59 Å². The number of carbonyl (C=O) groups excluding carboxylic acids is 2. The maximum absolute atomic E-state index is 11.8. The minimum atomic E-state index is -0.601. The summed E-state index contributed by atoms with van der Waals surface area (Å²) < 4.78 is 0.797. The molecule has 0 aliphatic carbocycles. The Kier molecular flexibility index (Phi) is 4.51. The first-order valence-corrected chi connectivity index (χ1v) is 5.82. The van der Waals surface area contributed by atoms with Crippen molar-refractivity contribution >= 4 is 33.4 Å². The van der Waals surface area contributed by atoms with Crippen LogP contribution in [-0.4, -0.2) is 24.9 Å². The van der Waals surface area contributed by atoms with Gasteiger partial charge in [0.1, 0.15) is 6.04 Å². The summed E-state index contributed by atoms with van der Waals surface area (Å²) in [4.78, 5) is 23.1. The maximum Gasteiger partial charge on any atom is 0.254 e. The van der Waals surface area contributed by atoms with Crippen molar-refractivity contribution in [1.82, 2.24) is 10.6 Å². The Balaban J connectivity index is 2.80. The van der Waals surface area contributed by atoms with Crippen molar-refractivity contribution in [2.45, 2.75) is 13.0 Å². The second kappa shape index (κ2) is 5.67. The first-order valence-electron chi connectivity index (χ1n) is 5.03. The topological polar surface area (TPSA) is 84.2 Å². The summed E-state index contributed by atoms with van der Waals surface area (Å²) in [5, 5.41) is 5.01. The summed E-state index contributed by atoms with van der Waals surface area (Å²) in [6.07, 6.45) is 0. The number of rotatable bonds is 3. The fourth-order valence-electron chi connectivity index (χ4n) is 1.30. The van der Waals surface area contributed by atoms with Gasteiger partial charge in [-0.1, -0.05) is 15.9 Å². The first kappa shape index (κ1) is 13.5. The molecule has 0 bridgehead atoms. The third-order valence-electron chi connectivity index (χ3n) is 2.25. The van der Waals surface area contributed by atoms with Crippen LogP contribution in [0.25, 0.3) is 0 Å². The molecule has 0 aliphatic rings. The van der Waals surface area contributed by atoms with Crippen LogP contribution in [0.2, 0.25) is 0 Å². The van der Waals surface area contributed by atoms with Gasteiger partial charge < -0.3 is 16.4 Å². The standard InChI is InChI=1S/C11H14BrN3O2/c1-6(10(16)14-2)15-11(17)8-4-3-7(12)5-9(8)13/h3-6H,13H2,1-2H3,(H,14,16)(H,15,17). The van der Waals surface area contributed by atoms with Crippen LogP contribution in [0.15, 0.2) is 22.7 Å². The Labute approximate surface area is 108 Å². The molecule has 0 aromatic heterocycles. The molecular formula is C11H14BrN3O2. The van der Waals surface area contributed by atoms with Crippen molar-refractivity contribution in [3.8, 4) is 0 Å². The number of nitrogen functional groups attached to an aromatic ring is 1. The van der Waals surface area contributed by atoms with Gasteiger partial charge in [-0.3, -0.25) is 9.59 Å². The normalized spacial score (nSPS) is 11.7. The van der Waals surface area contributed by atoms with Gasteiger partial charge in [-0.25, -0.2) is 0 Å². The molecule has 4 N–H and O–H groups in total. The lowest BCUT2D eigenvalue weighted by Crippen LogP contribution is -2.43. The summed E-state index contributed by atoms with van der Waals surface area (Å²) in [6, 6.07) is 4.36. The fourth-order valence-corrected chi connectivity index (χ4v) is 1.68. The molecule has 5 nitrogen and oxygen atoms in total. The van der Waals surface area contributed by atoms with Crippen LogP contribution in [0.5, 0.6) is 0 Å². The second-order valence-electron chi connectivity index (χ2n) is 3.54. The van der Waals surface area contributed by atoms with Gasteiger partial charge in [-0.15, -0.1) is 0 Å². The van der Waals surface area contributed by atoms with Crippen molar-refractivity contribution < 1.29 is 9.59 Å². The van der Waals surface area contributed by atoms with Gasteiger partial charge in [0, 0.05) is 17.2 Å². The molecule has 0 aliphatic heterocycles. The Bertz CT molecular complexity index is 448. The summed E-state index contributed by atoms with van der Waals surface area (Å²) in [5.74, 6) is -0.625. The number of nitrogens with one attached hydrogen (secondary N) is 2. The maximum atomic E-state index is 11.8. The van der Waals surface area contributed by atoms with E-state index in [1.165, 1.54) is 7.05 Å². The SMILES string of the molecule is CNC(=O)C(C)NC(=O)c1ccc(Br)cc1N. The average molecular weight is 300 g/mol. The lowest BCUT2D eigenvalue weighted by Gasteiger charge is -2.13. The van der Waals surface area contributed by atoms with Crippen molar-refractivity contribution in [1.29, 1.82) is 0 Å². The number of carbonyl (C=O) groups is 2. The molecule has 1 atom stereocenters. The highest BCUT2D eigenvalue weighted by Crippen LogP contribution is 2.18. The van der Waals surface area contributed by atoms with Gasteiger partial charge in [-0.05, 0) is 25.1 Å². The van der Waals surface area contributed by atoms with Crippen molar-refractivity contribution in [2.75, 3.05) is 12.8 Å². The molecule has 0 saturated carbocycles. The van der Waals surface area contributed by atoms with Crippen LogP contribution >= 0.6 is 15.9 Å². The highest BCUT2D eigenvalue weighted by atomic mass is 79.9. The van der Waals surface area contributed by atoms with Crippen LogP contribution in [-0.2, 0) is 4.79 Å². The molecule has 0 fully saturated rings. The van der Waals surface area contributed by atoms with Gasteiger partial charge in [0.2, 0.25) is 5.91 Å². The molecule has 1 unspecified atom stereocenters. The van der Waals surface area contributed by atoms with Crippen molar-refractivity contribution in [3.63, 3.8) is 0 Å². The molecule has 0 radical (unpaired) electrons. The van der Waals surface area contributed by atoms with E-state index < -0.39 is 6.04 Å². The number of amides is 2. The summed E-state index contributed by atoms with van der Waals surface area (Å²) in [6.45, 7) is 1.60. The van der Waals surface area contributed by atoms with E-state index in [0.717, 1.165) is 4.47 Å². The molecule has 6 heteroatoms. The zero-order valence-electron chi connectivity index (χ0n) is 9.58. The van der Waals surface area contributed by atoms with Gasteiger partial charge in [0.25, 0.3) is 5.91 Å². The Morgan fingerprint density at radius 2 is 2.06 bits per heavy atom. The van der Waals surface area contributed by atoms with Gasteiger partial charge in [-0.2, -0.15) is 0 Å². The third-order valence-corrected chi connectivity index (χ3v) is 2.74. The predicted molar refractivity (Wildman–Crippen MR) is 69.5 cm³/mol. The van der Waals surface area contributed by atoms with Crippen LogP contribution < -0.4 is 16.4 Å². The molecule has 0 saturated heterocycles. The quantitative estimate of drug-likeness (QED) is 0.725. The molecule has 0 heterocycles. The fraction of sp³-hybridized carbons (Fsp3) is 0.273. The number of likely N-dealkylation sites (N-methyl/N-ethyl adjacent to an activating group) is 1. The van der Waals surface area contributed by atoms with Crippen molar-refractivity contribution in [3.05, 3.63) is 28.2 Å². The molecule has 1 rings (SSSR count). The van der Waals surface area contributed by atoms with E-state index in [-0.39, 0.29) is 11.8 Å². The Morgan fingerprint density at radius 3 is 2.59 bits per heavy atom. The molecule has 0 spiro atoms. The molecule has 2 amide bonds. The highest BCUT2D eigenvalue weighted by Gasteiger charge is 2.16. The van der Waals surface area contributed by atoms with E-state index in [1.54, 1.807) is 25.1 Å². The van der Waals surface area contributed by atoms with E-state index >= 15 is 0 Å². The molecule has 1 aromatic carbocycles.